The monoisotopic (exact) mass is 515 g/mol. The molecule has 1 N–H and O–H groups in total. The van der Waals surface area contributed by atoms with Crippen LogP contribution in [-0.2, 0) is 13.1 Å². The summed E-state index contributed by atoms with van der Waals surface area (Å²) >= 11 is 0. The van der Waals surface area contributed by atoms with Crippen LogP contribution in [0, 0.1) is 6.92 Å². The van der Waals surface area contributed by atoms with E-state index in [9.17, 15) is 14.4 Å². The summed E-state index contributed by atoms with van der Waals surface area (Å²) in [5.74, 6) is 0.679. The average molecular weight is 516 g/mol. The Morgan fingerprint density at radius 3 is 2.21 bits per heavy atom. The Morgan fingerprint density at radius 1 is 0.921 bits per heavy atom. The minimum atomic E-state index is -0.434. The molecule has 0 aliphatic rings. The molecule has 3 aromatic carbocycles. The SMILES string of the molecule is CC[C@@H](C)NC(=O)c1ccc(Cn2c(=O)c3cc(OC)c(OC)cc3n(Cc3ccccc3C)c2=O)cc1. The Balaban J connectivity index is 1.82. The first-order valence-electron chi connectivity index (χ1n) is 12.6. The van der Waals surface area contributed by atoms with E-state index in [1.165, 1.54) is 18.8 Å². The molecule has 0 bridgehead atoms. The van der Waals surface area contributed by atoms with Crippen molar-refractivity contribution in [3.63, 3.8) is 0 Å². The molecule has 0 spiro atoms. The van der Waals surface area contributed by atoms with Gasteiger partial charge >= 0.3 is 5.69 Å². The fourth-order valence-electron chi connectivity index (χ4n) is 4.35. The normalized spacial score (nSPS) is 11.8. The third-order valence-corrected chi connectivity index (χ3v) is 6.87. The maximum atomic E-state index is 13.8. The molecule has 0 aliphatic carbocycles. The molecule has 1 atom stereocenters. The number of ether oxygens (including phenoxy) is 2. The van der Waals surface area contributed by atoms with Crippen molar-refractivity contribution in [2.75, 3.05) is 14.2 Å². The molecule has 4 rings (SSSR count). The van der Waals surface area contributed by atoms with Gasteiger partial charge < -0.3 is 14.8 Å². The Morgan fingerprint density at radius 2 is 1.58 bits per heavy atom. The smallest absolute Gasteiger partial charge is 0.332 e. The number of carbonyl (C=O) groups is 1. The van der Waals surface area contributed by atoms with Crippen molar-refractivity contribution in [1.29, 1.82) is 0 Å². The van der Waals surface area contributed by atoms with Gasteiger partial charge in [0.2, 0.25) is 0 Å². The van der Waals surface area contributed by atoms with Gasteiger partial charge in [0.1, 0.15) is 0 Å². The van der Waals surface area contributed by atoms with Gasteiger partial charge in [0.05, 0.1) is 38.2 Å². The lowest BCUT2D eigenvalue weighted by Gasteiger charge is -2.17. The number of nitrogens with zero attached hydrogens (tertiary/aromatic N) is 2. The number of benzene rings is 3. The van der Waals surface area contributed by atoms with Crippen molar-refractivity contribution in [1.82, 2.24) is 14.5 Å². The van der Waals surface area contributed by atoms with Crippen molar-refractivity contribution < 1.29 is 14.3 Å². The molecule has 0 saturated heterocycles. The van der Waals surface area contributed by atoms with Crippen LogP contribution in [0.25, 0.3) is 10.9 Å². The van der Waals surface area contributed by atoms with E-state index in [4.69, 9.17) is 9.47 Å². The highest BCUT2D eigenvalue weighted by Gasteiger charge is 2.18. The highest BCUT2D eigenvalue weighted by Crippen LogP contribution is 2.30. The van der Waals surface area contributed by atoms with Crippen molar-refractivity contribution >= 4 is 16.8 Å². The number of nitrogens with one attached hydrogen (secondary N) is 1. The number of rotatable bonds is 9. The number of hydrogen-bond donors (Lipinski definition) is 1. The second kappa shape index (κ2) is 11.4. The topological polar surface area (TPSA) is 91.6 Å². The lowest BCUT2D eigenvalue weighted by Crippen LogP contribution is -2.40. The van der Waals surface area contributed by atoms with Crippen LogP contribution in [0.15, 0.2) is 70.3 Å². The fraction of sp³-hybridized carbons (Fsp3) is 0.300. The zero-order chi connectivity index (χ0) is 27.4. The quantitative estimate of drug-likeness (QED) is 0.362. The number of methoxy groups -OCH3 is 2. The third kappa shape index (κ3) is 5.34. The van der Waals surface area contributed by atoms with Crippen LogP contribution in [0.2, 0.25) is 0 Å². The molecule has 8 nitrogen and oxygen atoms in total. The number of carbonyl (C=O) groups excluding carboxylic acids is 1. The second-order valence-corrected chi connectivity index (χ2v) is 9.39. The van der Waals surface area contributed by atoms with Crippen molar-refractivity contribution in [2.45, 2.75) is 46.3 Å². The number of fused-ring (bicyclic) bond motifs is 1. The summed E-state index contributed by atoms with van der Waals surface area (Å²) in [4.78, 5) is 39.9. The Labute approximate surface area is 221 Å². The van der Waals surface area contributed by atoms with Gasteiger partial charge in [0, 0.05) is 17.7 Å². The molecule has 1 heterocycles. The fourth-order valence-corrected chi connectivity index (χ4v) is 4.35. The molecule has 1 amide bonds. The van der Waals surface area contributed by atoms with E-state index in [1.54, 1.807) is 41.0 Å². The predicted octanol–water partition coefficient (Wildman–Crippen LogP) is 4.11. The summed E-state index contributed by atoms with van der Waals surface area (Å²) in [6.45, 7) is 6.29. The molecule has 1 aromatic heterocycles. The molecule has 0 saturated carbocycles. The van der Waals surface area contributed by atoms with E-state index in [2.05, 4.69) is 5.32 Å². The van der Waals surface area contributed by atoms with Gasteiger partial charge in [-0.3, -0.25) is 18.7 Å². The molecule has 0 aliphatic heterocycles. The Kier molecular flexibility index (Phi) is 8.00. The van der Waals surface area contributed by atoms with E-state index in [0.29, 0.717) is 28.0 Å². The third-order valence-electron chi connectivity index (χ3n) is 6.87. The lowest BCUT2D eigenvalue weighted by atomic mass is 10.1. The molecular weight excluding hydrogens is 482 g/mol. The zero-order valence-corrected chi connectivity index (χ0v) is 22.4. The molecule has 0 radical (unpaired) electrons. The van der Waals surface area contributed by atoms with E-state index in [1.807, 2.05) is 45.0 Å². The maximum absolute atomic E-state index is 13.8. The number of amides is 1. The lowest BCUT2D eigenvalue weighted by molar-refractivity contribution is 0.0939. The van der Waals surface area contributed by atoms with E-state index >= 15 is 0 Å². The summed E-state index contributed by atoms with van der Waals surface area (Å²) in [5, 5.41) is 3.29. The van der Waals surface area contributed by atoms with E-state index in [-0.39, 0.29) is 25.0 Å². The minimum Gasteiger partial charge on any atom is -0.493 e. The first kappa shape index (κ1) is 26.7. The van der Waals surface area contributed by atoms with Crippen LogP contribution in [-0.4, -0.2) is 35.3 Å². The van der Waals surface area contributed by atoms with E-state index in [0.717, 1.165) is 23.1 Å². The van der Waals surface area contributed by atoms with Gasteiger partial charge in [-0.05, 0) is 55.2 Å². The maximum Gasteiger partial charge on any atom is 0.332 e. The first-order chi connectivity index (χ1) is 18.3. The Hall–Kier alpha value is -4.33. The van der Waals surface area contributed by atoms with E-state index < -0.39 is 11.2 Å². The minimum absolute atomic E-state index is 0.0585. The van der Waals surface area contributed by atoms with Gasteiger partial charge in [-0.25, -0.2) is 4.79 Å². The largest absolute Gasteiger partial charge is 0.493 e. The van der Waals surface area contributed by atoms with Gasteiger partial charge in [-0.1, -0.05) is 43.3 Å². The van der Waals surface area contributed by atoms with Gasteiger partial charge in [0.25, 0.3) is 11.5 Å². The van der Waals surface area contributed by atoms with Crippen LogP contribution >= 0.6 is 0 Å². The van der Waals surface area contributed by atoms with Crippen LogP contribution < -0.4 is 26.0 Å². The molecule has 198 valence electrons. The van der Waals surface area contributed by atoms with Gasteiger partial charge in [-0.2, -0.15) is 0 Å². The first-order valence-corrected chi connectivity index (χ1v) is 12.6. The summed E-state index contributed by atoms with van der Waals surface area (Å²) in [5.41, 5.74) is 2.86. The second-order valence-electron chi connectivity index (χ2n) is 9.39. The van der Waals surface area contributed by atoms with Crippen LogP contribution in [0.4, 0.5) is 0 Å². The summed E-state index contributed by atoms with van der Waals surface area (Å²) in [6, 6.07) is 18.1. The summed E-state index contributed by atoms with van der Waals surface area (Å²) in [7, 11) is 3.02. The van der Waals surface area contributed by atoms with Crippen LogP contribution in [0.1, 0.15) is 47.3 Å². The Bertz CT molecular complexity index is 1590. The molecule has 4 aromatic rings. The standard InChI is InChI=1S/C30H33N3O5/c1-6-20(3)31-28(34)22-13-11-21(12-14-22)17-33-29(35)24-15-26(37-4)27(38-5)16-25(24)32(30(33)36)18-23-10-8-7-9-19(23)2/h7-16,20H,6,17-18H2,1-5H3,(H,31,34)/t20-/m1/s1. The molecule has 0 fully saturated rings. The number of aryl methyl sites for hydroxylation is 1. The predicted molar refractivity (Wildman–Crippen MR) is 149 cm³/mol. The number of aromatic nitrogens is 2. The van der Waals surface area contributed by atoms with Crippen molar-refractivity contribution in [2.24, 2.45) is 0 Å². The average Bonchev–Trinajstić information content (AvgIpc) is 2.93. The van der Waals surface area contributed by atoms with Crippen molar-refractivity contribution in [3.05, 3.63) is 104 Å². The van der Waals surface area contributed by atoms with Crippen molar-refractivity contribution in [3.8, 4) is 11.5 Å². The van der Waals surface area contributed by atoms with Gasteiger partial charge in [0.15, 0.2) is 11.5 Å². The number of hydrogen-bond acceptors (Lipinski definition) is 5. The van der Waals surface area contributed by atoms with Gasteiger partial charge in [-0.15, -0.1) is 0 Å². The molecule has 0 unspecified atom stereocenters. The van der Waals surface area contributed by atoms with Crippen LogP contribution in [0.5, 0.6) is 11.5 Å². The molecular formula is C30H33N3O5. The molecule has 8 heteroatoms. The van der Waals surface area contributed by atoms with Crippen LogP contribution in [0.3, 0.4) is 0 Å². The highest BCUT2D eigenvalue weighted by molar-refractivity contribution is 5.94. The zero-order valence-electron chi connectivity index (χ0n) is 22.4. The highest BCUT2D eigenvalue weighted by atomic mass is 16.5. The summed E-state index contributed by atoms with van der Waals surface area (Å²) in [6.07, 6.45) is 0.833. The molecule has 38 heavy (non-hydrogen) atoms. The summed E-state index contributed by atoms with van der Waals surface area (Å²) < 4.78 is 13.7.